The van der Waals surface area contributed by atoms with Gasteiger partial charge in [-0.2, -0.15) is 10.2 Å². The van der Waals surface area contributed by atoms with E-state index in [0.717, 1.165) is 23.0 Å². The summed E-state index contributed by atoms with van der Waals surface area (Å²) in [6, 6.07) is 25.8. The lowest BCUT2D eigenvalue weighted by atomic mass is 9.97. The van der Waals surface area contributed by atoms with Crippen LogP contribution in [0.1, 0.15) is 75.1 Å². The summed E-state index contributed by atoms with van der Waals surface area (Å²) in [5.41, 5.74) is 0.348. The van der Waals surface area contributed by atoms with E-state index in [9.17, 15) is 26.4 Å². The summed E-state index contributed by atoms with van der Waals surface area (Å²) in [6.07, 6.45) is 5.93. The Balaban J connectivity index is 0.000000204. The third-order valence-electron chi connectivity index (χ3n) is 12.0. The topological polar surface area (TPSA) is 203 Å². The van der Waals surface area contributed by atoms with Crippen molar-refractivity contribution in [3.05, 3.63) is 126 Å². The van der Waals surface area contributed by atoms with Crippen LogP contribution in [0.15, 0.2) is 119 Å². The van der Waals surface area contributed by atoms with Crippen LogP contribution in [0.25, 0.3) is 11.6 Å². The molecule has 2 amide bonds. The zero-order chi connectivity index (χ0) is 52.3. The van der Waals surface area contributed by atoms with Gasteiger partial charge in [0.15, 0.2) is 11.6 Å². The lowest BCUT2D eigenvalue weighted by molar-refractivity contribution is 0.0972. The van der Waals surface area contributed by atoms with Gasteiger partial charge in [0.2, 0.25) is 0 Å². The van der Waals surface area contributed by atoms with E-state index < -0.39 is 48.0 Å². The van der Waals surface area contributed by atoms with Gasteiger partial charge in [0, 0.05) is 40.7 Å². The zero-order valence-corrected chi connectivity index (χ0v) is 47.0. The van der Waals surface area contributed by atoms with Crippen molar-refractivity contribution in [3.8, 4) is 11.6 Å². The largest absolute Gasteiger partial charge is 0.350 e. The van der Waals surface area contributed by atoms with Crippen LogP contribution in [-0.2, 0) is 20.0 Å². The predicted molar refractivity (Wildman–Crippen MR) is 287 cm³/mol. The number of nitrogens with zero attached hydrogens (tertiary/aromatic N) is 7. The van der Waals surface area contributed by atoms with E-state index in [1.54, 1.807) is 70.2 Å². The highest BCUT2D eigenvalue weighted by Gasteiger charge is 2.39. The first-order valence-corrected chi connectivity index (χ1v) is 33.9. The maximum Gasteiger partial charge on any atom is 0.268 e. The van der Waals surface area contributed by atoms with Gasteiger partial charge in [-0.1, -0.05) is 101 Å². The molecule has 0 unspecified atom stereocenters. The number of hydrogen-bond donors (Lipinski definition) is 3. The smallest absolute Gasteiger partial charge is 0.268 e. The van der Waals surface area contributed by atoms with Crippen molar-refractivity contribution in [1.29, 1.82) is 0 Å². The number of anilines is 1. The number of halogens is 1. The molecule has 4 aromatic heterocycles. The summed E-state index contributed by atoms with van der Waals surface area (Å²) in [5, 5.41) is 14.7. The number of sulfonamides is 2. The maximum atomic E-state index is 13.3. The van der Waals surface area contributed by atoms with Gasteiger partial charge in [-0.25, -0.2) is 45.6 Å². The number of pyridine rings is 2. The molecule has 3 N–H and O–H groups in total. The van der Waals surface area contributed by atoms with Gasteiger partial charge in [-0.05, 0) is 120 Å². The SMILES string of the molecule is C[C@@H]1CN(c2nc(-n3ccc([Si](C)(C)C)n3)ccc2C(=O)NS(=O)(=O)c2ccccc2)C(C)(C)C1.C[C@@H]1CNC(C)(C)C1.C[Si](C)(C)c1ccn(-c2ccc(C(=O)NS(=O)(=O)c3ccccc3)c(Cl)n2)n1. The molecule has 6 aromatic rings. The number of rotatable bonds is 11. The van der Waals surface area contributed by atoms with E-state index in [0.29, 0.717) is 35.5 Å². The van der Waals surface area contributed by atoms with Crippen molar-refractivity contribution in [2.24, 2.45) is 11.8 Å². The molecular weight excluding hydrogens is 992 g/mol. The minimum atomic E-state index is -4.02. The van der Waals surface area contributed by atoms with Crippen molar-refractivity contribution >= 4 is 76.1 Å². The number of nitrogens with one attached hydrogen (secondary N) is 3. The summed E-state index contributed by atoms with van der Waals surface area (Å²) in [5.74, 6) is 1.22. The summed E-state index contributed by atoms with van der Waals surface area (Å²) in [7, 11) is -11.2. The number of carbonyl (C=O) groups excluding carboxylic acids is 2. The molecule has 2 atom stereocenters. The van der Waals surface area contributed by atoms with Gasteiger partial charge in [0.25, 0.3) is 31.9 Å². The van der Waals surface area contributed by atoms with Gasteiger partial charge in [0.1, 0.15) is 27.1 Å². The molecule has 2 aromatic carbocycles. The van der Waals surface area contributed by atoms with Crippen LogP contribution in [0.3, 0.4) is 0 Å². The second kappa shape index (κ2) is 21.3. The Kier molecular flexibility index (Phi) is 16.4. The van der Waals surface area contributed by atoms with Crippen LogP contribution >= 0.6 is 11.6 Å². The predicted octanol–water partition coefficient (Wildman–Crippen LogP) is 7.54. The molecule has 8 rings (SSSR count). The Morgan fingerprint density at radius 2 is 1.08 bits per heavy atom. The summed E-state index contributed by atoms with van der Waals surface area (Å²) in [4.78, 5) is 36.9. The summed E-state index contributed by atoms with van der Waals surface area (Å²) >= 11 is 6.15. The average molecular weight is 1060 g/mol. The number of aromatic nitrogens is 6. The van der Waals surface area contributed by atoms with Crippen molar-refractivity contribution in [2.75, 3.05) is 18.0 Å². The molecule has 0 aliphatic carbocycles. The molecule has 2 fully saturated rings. The highest BCUT2D eigenvalue weighted by atomic mass is 35.5. The molecule has 16 nitrogen and oxygen atoms in total. The first-order valence-electron chi connectivity index (χ1n) is 23.5. The van der Waals surface area contributed by atoms with E-state index >= 15 is 0 Å². The van der Waals surface area contributed by atoms with Crippen LogP contribution in [0, 0.1) is 11.8 Å². The highest BCUT2D eigenvalue weighted by molar-refractivity contribution is 7.90. The molecule has 6 heterocycles. The van der Waals surface area contributed by atoms with Crippen LogP contribution < -0.4 is 30.3 Å². The van der Waals surface area contributed by atoms with E-state index in [1.807, 2.05) is 23.1 Å². The fraction of sp³-hybridized carbons (Fsp3) is 0.400. The minimum Gasteiger partial charge on any atom is -0.350 e. The van der Waals surface area contributed by atoms with E-state index in [-0.39, 0.29) is 31.6 Å². The van der Waals surface area contributed by atoms with Crippen LogP contribution in [0.2, 0.25) is 44.4 Å². The van der Waals surface area contributed by atoms with Crippen LogP contribution in [0.5, 0.6) is 0 Å². The molecule has 2 aliphatic rings. The molecule has 21 heteroatoms. The van der Waals surface area contributed by atoms with Gasteiger partial charge in [-0.15, -0.1) is 0 Å². The van der Waals surface area contributed by atoms with Gasteiger partial charge in [0.05, 0.1) is 20.9 Å². The van der Waals surface area contributed by atoms with Crippen molar-refractivity contribution < 1.29 is 26.4 Å². The fourth-order valence-electron chi connectivity index (χ4n) is 8.47. The third kappa shape index (κ3) is 13.9. The van der Waals surface area contributed by atoms with E-state index in [2.05, 4.69) is 106 Å². The average Bonchev–Trinajstić information content (AvgIpc) is 4.10. The maximum absolute atomic E-state index is 13.3. The molecule has 71 heavy (non-hydrogen) atoms. The quantitative estimate of drug-likeness (QED) is 0.0852. The molecule has 2 saturated heterocycles. The summed E-state index contributed by atoms with van der Waals surface area (Å²) < 4.78 is 57.8. The lowest BCUT2D eigenvalue weighted by Gasteiger charge is -2.34. The van der Waals surface area contributed by atoms with Gasteiger partial charge in [-0.3, -0.25) is 9.59 Å². The summed E-state index contributed by atoms with van der Waals surface area (Å²) in [6.45, 7) is 28.4. The number of benzene rings is 2. The van der Waals surface area contributed by atoms with Crippen LogP contribution in [0.4, 0.5) is 5.82 Å². The Morgan fingerprint density at radius 3 is 1.45 bits per heavy atom. The lowest BCUT2D eigenvalue weighted by Crippen LogP contribution is -2.41. The second-order valence-electron chi connectivity index (χ2n) is 21.6. The Bertz CT molecular complexity index is 3080. The standard InChI is InChI=1S/C25H33N5O3SSi.C18H19ClN4O3SSi.C7H15N/c1-18-16-25(2,3)29(17-18)23-20(24(31)28-34(32,33)19-10-8-7-9-11-19)12-13-21(26-23)30-15-14-22(27-30)35(4,5)6;1-28(2,3)16-11-12-23(21-16)15-10-9-14(17(19)20-15)18(24)22-27(25,26)13-7-5-4-6-8-13;1-6-4-7(2,3)8-5-6/h7-15,18H,16-17H2,1-6H3,(H,28,31);4-12H,1-3H3,(H,22,24);6,8H,4-5H2,1-3H3/t18-;;6-/m0.0/s1. The van der Waals surface area contributed by atoms with Crippen molar-refractivity contribution in [1.82, 2.24) is 44.3 Å². The normalized spacial score (nSPS) is 17.6. The number of carbonyl (C=O) groups is 2. The monoisotopic (exact) mass is 1060 g/mol. The fourth-order valence-corrected chi connectivity index (χ4v) is 12.6. The van der Waals surface area contributed by atoms with Gasteiger partial charge >= 0.3 is 0 Å². The van der Waals surface area contributed by atoms with E-state index in [1.165, 1.54) is 43.3 Å². The molecule has 380 valence electrons. The van der Waals surface area contributed by atoms with Crippen LogP contribution in [-0.4, -0.2) is 98.5 Å². The third-order valence-corrected chi connectivity index (χ3v) is 18.6. The van der Waals surface area contributed by atoms with Crippen molar-refractivity contribution in [2.45, 2.75) is 115 Å². The molecule has 0 radical (unpaired) electrons. The Labute approximate surface area is 426 Å². The Morgan fingerprint density at radius 1 is 0.634 bits per heavy atom. The number of hydrogen-bond acceptors (Lipinski definition) is 12. The van der Waals surface area contributed by atoms with Crippen molar-refractivity contribution in [3.63, 3.8) is 0 Å². The minimum absolute atomic E-state index is 0.0144. The molecule has 0 saturated carbocycles. The molecular formula is C50H67ClN10O6S2Si2. The first kappa shape index (κ1) is 54.8. The first-order chi connectivity index (χ1) is 33.0. The molecule has 0 spiro atoms. The van der Waals surface area contributed by atoms with E-state index in [4.69, 9.17) is 21.7 Å². The highest BCUT2D eigenvalue weighted by Crippen LogP contribution is 2.38. The second-order valence-corrected chi connectivity index (χ2v) is 35.4. The number of amides is 2. The molecule has 0 bridgehead atoms. The zero-order valence-electron chi connectivity index (χ0n) is 42.6. The molecule has 2 aliphatic heterocycles. The Hall–Kier alpha value is -5.52. The van der Waals surface area contributed by atoms with Gasteiger partial charge < -0.3 is 10.2 Å².